The van der Waals surface area contributed by atoms with Gasteiger partial charge in [-0.05, 0) is 97.2 Å². The second kappa shape index (κ2) is 10.1. The SMILES string of the molecule is CCCC(=O)NCC(=O)ONC1C=C2CCC3C(CCC4(C)C(c5cccnc5)=CCC34)C2(C)CC1. The molecule has 6 atom stereocenters. The van der Waals surface area contributed by atoms with E-state index < -0.39 is 5.97 Å². The van der Waals surface area contributed by atoms with Gasteiger partial charge in [0.2, 0.25) is 5.91 Å². The van der Waals surface area contributed by atoms with E-state index in [-0.39, 0.29) is 29.3 Å². The highest BCUT2D eigenvalue weighted by Crippen LogP contribution is 2.66. The van der Waals surface area contributed by atoms with Crippen molar-refractivity contribution in [1.29, 1.82) is 0 Å². The molecule has 1 amide bonds. The second-order valence-corrected chi connectivity index (χ2v) is 11.8. The van der Waals surface area contributed by atoms with Gasteiger partial charge in [0.25, 0.3) is 0 Å². The molecule has 194 valence electrons. The summed E-state index contributed by atoms with van der Waals surface area (Å²) in [7, 11) is 0. The van der Waals surface area contributed by atoms with Crippen LogP contribution in [-0.4, -0.2) is 29.4 Å². The molecule has 4 aliphatic rings. The summed E-state index contributed by atoms with van der Waals surface area (Å²) in [5.74, 6) is 1.62. The van der Waals surface area contributed by atoms with Gasteiger partial charge in [-0.25, -0.2) is 4.79 Å². The van der Waals surface area contributed by atoms with Crippen LogP contribution in [0.5, 0.6) is 0 Å². The predicted octanol–water partition coefficient (Wildman–Crippen LogP) is 5.37. The van der Waals surface area contributed by atoms with Crippen molar-refractivity contribution in [3.63, 3.8) is 0 Å². The van der Waals surface area contributed by atoms with E-state index >= 15 is 0 Å². The summed E-state index contributed by atoms with van der Waals surface area (Å²) in [4.78, 5) is 33.3. The third-order valence-corrected chi connectivity index (χ3v) is 9.90. The number of pyridine rings is 1. The Labute approximate surface area is 215 Å². The number of hydrogen-bond acceptors (Lipinski definition) is 5. The second-order valence-electron chi connectivity index (χ2n) is 11.8. The molecule has 2 saturated carbocycles. The molecule has 0 aromatic carbocycles. The maximum atomic E-state index is 12.1. The van der Waals surface area contributed by atoms with Crippen LogP contribution < -0.4 is 10.8 Å². The van der Waals surface area contributed by atoms with Crippen LogP contribution in [0, 0.1) is 28.6 Å². The van der Waals surface area contributed by atoms with Crippen LogP contribution >= 0.6 is 0 Å². The van der Waals surface area contributed by atoms with Crippen molar-refractivity contribution in [2.45, 2.75) is 84.6 Å². The van der Waals surface area contributed by atoms with Gasteiger partial charge in [0, 0.05) is 18.8 Å². The summed E-state index contributed by atoms with van der Waals surface area (Å²) >= 11 is 0. The number of carbonyl (C=O) groups is 2. The maximum Gasteiger partial charge on any atom is 0.344 e. The fourth-order valence-corrected chi connectivity index (χ4v) is 8.02. The Morgan fingerprint density at radius 2 is 1.97 bits per heavy atom. The van der Waals surface area contributed by atoms with Gasteiger partial charge < -0.3 is 10.2 Å². The molecule has 2 fully saturated rings. The molecule has 0 saturated heterocycles. The minimum atomic E-state index is -0.445. The van der Waals surface area contributed by atoms with Gasteiger partial charge in [0.15, 0.2) is 0 Å². The number of allylic oxidation sites excluding steroid dienone is 3. The molecule has 1 heterocycles. The predicted molar refractivity (Wildman–Crippen MR) is 140 cm³/mol. The lowest BCUT2D eigenvalue weighted by atomic mass is 9.46. The molecular formula is C30H41N3O3. The number of carbonyl (C=O) groups excluding carboxylic acids is 2. The van der Waals surface area contributed by atoms with Crippen molar-refractivity contribution in [1.82, 2.24) is 15.8 Å². The molecule has 1 aromatic rings. The van der Waals surface area contributed by atoms with Gasteiger partial charge in [-0.1, -0.05) is 44.6 Å². The average molecular weight is 492 g/mol. The van der Waals surface area contributed by atoms with Gasteiger partial charge in [-0.3, -0.25) is 9.78 Å². The smallest absolute Gasteiger partial charge is 0.344 e. The zero-order valence-electron chi connectivity index (χ0n) is 22.0. The molecule has 4 aliphatic carbocycles. The lowest BCUT2D eigenvalue weighted by Crippen LogP contribution is -2.51. The standard InChI is InChI=1S/C30H41N3O3/c1-4-6-27(34)32-19-28(35)36-33-22-12-14-29(2)21(17-22)8-9-23-25-11-10-24(20-7-5-16-31-18-20)30(25,3)15-13-26(23)29/h5,7,10,16-18,22-23,25-26,33H,4,6,8-9,11-15,19H2,1-3H3,(H,32,34). The van der Waals surface area contributed by atoms with Gasteiger partial charge in [0.05, 0.1) is 6.04 Å². The fraction of sp³-hybridized carbons (Fsp3) is 0.633. The molecule has 6 unspecified atom stereocenters. The molecule has 6 heteroatoms. The van der Waals surface area contributed by atoms with Crippen LogP contribution in [0.15, 0.2) is 42.3 Å². The van der Waals surface area contributed by atoms with Crippen LogP contribution in [0.2, 0.25) is 0 Å². The van der Waals surface area contributed by atoms with Crippen molar-refractivity contribution in [2.75, 3.05) is 6.54 Å². The maximum absolute atomic E-state index is 12.1. The van der Waals surface area contributed by atoms with E-state index in [0.29, 0.717) is 12.3 Å². The number of hydrogen-bond donors (Lipinski definition) is 2. The van der Waals surface area contributed by atoms with E-state index in [9.17, 15) is 9.59 Å². The summed E-state index contributed by atoms with van der Waals surface area (Å²) in [6, 6.07) is 4.32. The highest BCUT2D eigenvalue weighted by Gasteiger charge is 2.57. The number of nitrogens with one attached hydrogen (secondary N) is 2. The fourth-order valence-electron chi connectivity index (χ4n) is 8.02. The van der Waals surface area contributed by atoms with E-state index in [4.69, 9.17) is 4.84 Å². The van der Waals surface area contributed by atoms with Gasteiger partial charge in [-0.2, -0.15) is 0 Å². The zero-order chi connectivity index (χ0) is 25.3. The molecule has 0 bridgehead atoms. The molecule has 1 aromatic heterocycles. The molecule has 0 aliphatic heterocycles. The Bertz CT molecular complexity index is 1050. The first-order chi connectivity index (χ1) is 17.3. The number of amides is 1. The number of hydroxylamine groups is 1. The van der Waals surface area contributed by atoms with E-state index in [1.165, 1.54) is 36.8 Å². The Kier molecular flexibility index (Phi) is 7.08. The lowest BCUT2D eigenvalue weighted by Gasteiger charge is -2.58. The van der Waals surface area contributed by atoms with Crippen molar-refractivity contribution < 1.29 is 14.4 Å². The van der Waals surface area contributed by atoms with Gasteiger partial charge >= 0.3 is 5.97 Å². The lowest BCUT2D eigenvalue weighted by molar-refractivity contribution is -0.152. The molecule has 0 spiro atoms. The largest absolute Gasteiger partial charge is 0.369 e. The number of nitrogens with zero attached hydrogens (tertiary/aromatic N) is 1. The summed E-state index contributed by atoms with van der Waals surface area (Å²) < 4.78 is 0. The third-order valence-electron chi connectivity index (χ3n) is 9.90. The summed E-state index contributed by atoms with van der Waals surface area (Å²) in [5, 5.41) is 2.61. The quantitative estimate of drug-likeness (QED) is 0.396. The van der Waals surface area contributed by atoms with Gasteiger partial charge in [-0.15, -0.1) is 5.48 Å². The zero-order valence-corrected chi connectivity index (χ0v) is 22.0. The van der Waals surface area contributed by atoms with E-state index in [0.717, 1.165) is 37.5 Å². The monoisotopic (exact) mass is 491 g/mol. The molecule has 0 radical (unpaired) electrons. The minimum Gasteiger partial charge on any atom is -0.369 e. The highest BCUT2D eigenvalue weighted by molar-refractivity contribution is 5.81. The van der Waals surface area contributed by atoms with E-state index in [2.05, 4.69) is 53.9 Å². The first-order valence-electron chi connectivity index (χ1n) is 13.9. The summed E-state index contributed by atoms with van der Waals surface area (Å²) in [6.07, 6.45) is 18.1. The average Bonchev–Trinajstić information content (AvgIpc) is 3.24. The third kappa shape index (κ3) is 4.53. The number of fused-ring (bicyclic) bond motifs is 5. The van der Waals surface area contributed by atoms with E-state index in [1.807, 2.05) is 19.3 Å². The number of aromatic nitrogens is 1. The molecular weight excluding hydrogens is 450 g/mol. The minimum absolute atomic E-state index is 0.0408. The Morgan fingerprint density at radius 1 is 1.14 bits per heavy atom. The van der Waals surface area contributed by atoms with Gasteiger partial charge in [0.1, 0.15) is 6.54 Å². The molecule has 36 heavy (non-hydrogen) atoms. The van der Waals surface area contributed by atoms with Crippen LogP contribution in [0.25, 0.3) is 5.57 Å². The van der Waals surface area contributed by atoms with Crippen molar-refractivity contribution in [2.24, 2.45) is 28.6 Å². The Hall–Kier alpha value is -2.47. The first-order valence-corrected chi connectivity index (χ1v) is 13.9. The van der Waals surface area contributed by atoms with Crippen LogP contribution in [-0.2, 0) is 14.4 Å². The van der Waals surface area contributed by atoms with Crippen molar-refractivity contribution in [3.05, 3.63) is 47.8 Å². The summed E-state index contributed by atoms with van der Waals surface area (Å²) in [6.45, 7) is 6.85. The Morgan fingerprint density at radius 3 is 2.75 bits per heavy atom. The normalized spacial score (nSPS) is 35.0. The first kappa shape index (κ1) is 25.2. The Balaban J connectivity index is 1.22. The van der Waals surface area contributed by atoms with Crippen LogP contribution in [0.1, 0.15) is 84.1 Å². The molecule has 2 N–H and O–H groups in total. The van der Waals surface area contributed by atoms with E-state index in [1.54, 1.807) is 5.57 Å². The molecule has 6 nitrogen and oxygen atoms in total. The highest BCUT2D eigenvalue weighted by atomic mass is 16.7. The summed E-state index contributed by atoms with van der Waals surface area (Å²) in [5.41, 5.74) is 7.82. The molecule has 5 rings (SSSR count). The topological polar surface area (TPSA) is 80.3 Å². The van der Waals surface area contributed by atoms with Crippen LogP contribution in [0.4, 0.5) is 0 Å². The number of rotatable bonds is 7. The van der Waals surface area contributed by atoms with Crippen molar-refractivity contribution in [3.8, 4) is 0 Å². The van der Waals surface area contributed by atoms with Crippen molar-refractivity contribution >= 4 is 17.4 Å². The van der Waals surface area contributed by atoms with Crippen LogP contribution in [0.3, 0.4) is 0 Å².